The summed E-state index contributed by atoms with van der Waals surface area (Å²) in [6, 6.07) is 7.42. The first kappa shape index (κ1) is 21.6. The Bertz CT molecular complexity index is 788. The SMILES string of the molecule is CN=C(NCc1ccc(Cl)nc1)NC1CCN(c2ccc(F)cc2F)C1.I. The monoisotopic (exact) mass is 507 g/mol. The molecule has 0 saturated carbocycles. The van der Waals surface area contributed by atoms with Gasteiger partial charge in [-0.05, 0) is 30.2 Å². The number of pyridine rings is 1. The zero-order valence-corrected chi connectivity index (χ0v) is 17.8. The molecule has 1 fully saturated rings. The molecule has 1 aromatic heterocycles. The maximum absolute atomic E-state index is 13.9. The number of halogens is 4. The first-order chi connectivity index (χ1) is 12.5. The summed E-state index contributed by atoms with van der Waals surface area (Å²) < 4.78 is 27.0. The Labute approximate surface area is 179 Å². The van der Waals surface area contributed by atoms with Gasteiger partial charge in [0.1, 0.15) is 16.8 Å². The van der Waals surface area contributed by atoms with Gasteiger partial charge in [0, 0.05) is 45.0 Å². The normalized spacial score (nSPS) is 16.8. The molecule has 0 aliphatic carbocycles. The average Bonchev–Trinajstić information content (AvgIpc) is 3.08. The number of nitrogens with one attached hydrogen (secondary N) is 2. The van der Waals surface area contributed by atoms with Crippen molar-refractivity contribution >= 4 is 47.2 Å². The molecule has 0 amide bonds. The maximum atomic E-state index is 13.9. The van der Waals surface area contributed by atoms with Gasteiger partial charge in [0.2, 0.25) is 0 Å². The highest BCUT2D eigenvalue weighted by Gasteiger charge is 2.25. The van der Waals surface area contributed by atoms with Crippen LogP contribution in [-0.2, 0) is 6.54 Å². The summed E-state index contributed by atoms with van der Waals surface area (Å²) in [5.74, 6) is -0.448. The number of benzene rings is 1. The summed E-state index contributed by atoms with van der Waals surface area (Å²) in [6.45, 7) is 1.87. The molecular formula is C18H21ClF2IN5. The molecule has 1 aromatic carbocycles. The van der Waals surface area contributed by atoms with Crippen LogP contribution in [0.1, 0.15) is 12.0 Å². The standard InChI is InChI=1S/C18H20ClF2N5.HI/c1-22-18(24-10-12-2-5-17(19)23-9-12)25-14-6-7-26(11-14)16-4-3-13(20)8-15(16)21;/h2-5,8-9,14H,6-7,10-11H2,1H3,(H2,22,24,25);1H. The third kappa shape index (κ3) is 5.90. The lowest BCUT2D eigenvalue weighted by Crippen LogP contribution is -2.44. The predicted molar refractivity (Wildman–Crippen MR) is 115 cm³/mol. The minimum atomic E-state index is -0.568. The van der Waals surface area contributed by atoms with E-state index in [-0.39, 0.29) is 30.0 Å². The van der Waals surface area contributed by atoms with Gasteiger partial charge < -0.3 is 15.5 Å². The average molecular weight is 508 g/mol. The smallest absolute Gasteiger partial charge is 0.191 e. The summed E-state index contributed by atoms with van der Waals surface area (Å²) in [6.07, 6.45) is 2.54. The van der Waals surface area contributed by atoms with Gasteiger partial charge in [-0.2, -0.15) is 0 Å². The summed E-state index contributed by atoms with van der Waals surface area (Å²) in [5.41, 5.74) is 1.41. The van der Waals surface area contributed by atoms with Crippen LogP contribution in [0.25, 0.3) is 0 Å². The largest absolute Gasteiger partial charge is 0.367 e. The molecule has 1 aliphatic rings. The lowest BCUT2D eigenvalue weighted by Gasteiger charge is -2.21. The lowest BCUT2D eigenvalue weighted by molar-refractivity contribution is 0.580. The molecule has 9 heteroatoms. The van der Waals surface area contributed by atoms with Gasteiger partial charge in [-0.15, -0.1) is 24.0 Å². The molecule has 1 saturated heterocycles. The van der Waals surface area contributed by atoms with Gasteiger partial charge in [0.15, 0.2) is 5.96 Å². The van der Waals surface area contributed by atoms with Crippen molar-refractivity contribution < 1.29 is 8.78 Å². The number of aromatic nitrogens is 1. The van der Waals surface area contributed by atoms with Crippen LogP contribution in [0.3, 0.4) is 0 Å². The maximum Gasteiger partial charge on any atom is 0.191 e. The van der Waals surface area contributed by atoms with Crippen molar-refractivity contribution in [1.29, 1.82) is 0 Å². The van der Waals surface area contributed by atoms with Gasteiger partial charge in [0.05, 0.1) is 5.69 Å². The van der Waals surface area contributed by atoms with Gasteiger partial charge >= 0.3 is 0 Å². The molecule has 1 aliphatic heterocycles. The second-order valence-corrected chi connectivity index (χ2v) is 6.47. The number of anilines is 1. The number of nitrogens with zero attached hydrogens (tertiary/aromatic N) is 3. The number of rotatable bonds is 4. The van der Waals surface area contributed by atoms with Crippen molar-refractivity contribution in [2.45, 2.75) is 19.0 Å². The molecule has 2 aromatic rings. The first-order valence-corrected chi connectivity index (χ1v) is 8.70. The zero-order valence-electron chi connectivity index (χ0n) is 14.8. The summed E-state index contributed by atoms with van der Waals surface area (Å²) in [4.78, 5) is 10.2. The highest BCUT2D eigenvalue weighted by Crippen LogP contribution is 2.24. The zero-order chi connectivity index (χ0) is 18.5. The fourth-order valence-corrected chi connectivity index (χ4v) is 3.03. The summed E-state index contributed by atoms with van der Waals surface area (Å²) >= 11 is 5.78. The van der Waals surface area contributed by atoms with E-state index in [2.05, 4.69) is 20.6 Å². The molecule has 0 spiro atoms. The Morgan fingerprint density at radius 1 is 1.33 bits per heavy atom. The van der Waals surface area contributed by atoms with E-state index in [1.165, 1.54) is 12.1 Å². The van der Waals surface area contributed by atoms with Crippen molar-refractivity contribution in [1.82, 2.24) is 15.6 Å². The van der Waals surface area contributed by atoms with Crippen LogP contribution in [0, 0.1) is 11.6 Å². The summed E-state index contributed by atoms with van der Waals surface area (Å²) in [5, 5.41) is 7.01. The van der Waals surface area contributed by atoms with E-state index in [4.69, 9.17) is 11.6 Å². The third-order valence-electron chi connectivity index (χ3n) is 4.25. The van der Waals surface area contributed by atoms with E-state index in [0.29, 0.717) is 36.4 Å². The highest BCUT2D eigenvalue weighted by molar-refractivity contribution is 14.0. The van der Waals surface area contributed by atoms with Gasteiger partial charge in [-0.1, -0.05) is 17.7 Å². The predicted octanol–water partition coefficient (Wildman–Crippen LogP) is 3.58. The molecule has 2 heterocycles. The quantitative estimate of drug-likeness (QED) is 0.288. The number of hydrogen-bond donors (Lipinski definition) is 2. The fourth-order valence-electron chi connectivity index (χ4n) is 2.92. The van der Waals surface area contributed by atoms with E-state index in [0.717, 1.165) is 18.1 Å². The Kier molecular flexibility index (Phi) is 8.03. The number of aliphatic imine (C=N–C) groups is 1. The molecule has 5 nitrogen and oxygen atoms in total. The second kappa shape index (κ2) is 10.0. The van der Waals surface area contributed by atoms with E-state index >= 15 is 0 Å². The highest BCUT2D eigenvalue weighted by atomic mass is 127. The van der Waals surface area contributed by atoms with Crippen LogP contribution in [0.2, 0.25) is 5.15 Å². The molecule has 0 bridgehead atoms. The van der Waals surface area contributed by atoms with Gasteiger partial charge in [-0.25, -0.2) is 13.8 Å². The van der Waals surface area contributed by atoms with Crippen LogP contribution in [-0.4, -0.2) is 37.1 Å². The molecule has 0 radical (unpaired) electrons. The van der Waals surface area contributed by atoms with Crippen molar-refractivity contribution in [2.75, 3.05) is 25.0 Å². The minimum absolute atomic E-state index is 0. The van der Waals surface area contributed by atoms with Crippen LogP contribution >= 0.6 is 35.6 Å². The second-order valence-electron chi connectivity index (χ2n) is 6.09. The van der Waals surface area contributed by atoms with Crippen molar-refractivity contribution in [3.8, 4) is 0 Å². The number of guanidine groups is 1. The Hall–Kier alpha value is -1.68. The Balaban J connectivity index is 0.00000261. The van der Waals surface area contributed by atoms with Gasteiger partial charge in [-0.3, -0.25) is 4.99 Å². The molecule has 27 heavy (non-hydrogen) atoms. The molecule has 3 rings (SSSR count). The van der Waals surface area contributed by atoms with Crippen molar-refractivity contribution in [2.24, 2.45) is 4.99 Å². The lowest BCUT2D eigenvalue weighted by atomic mass is 10.2. The molecule has 2 N–H and O–H groups in total. The third-order valence-corrected chi connectivity index (χ3v) is 4.48. The summed E-state index contributed by atoms with van der Waals surface area (Å²) in [7, 11) is 1.70. The topological polar surface area (TPSA) is 52.6 Å². The fraction of sp³-hybridized carbons (Fsp3) is 0.333. The molecule has 1 atom stereocenters. The Morgan fingerprint density at radius 2 is 2.15 bits per heavy atom. The van der Waals surface area contributed by atoms with E-state index in [1.54, 1.807) is 19.3 Å². The molecule has 146 valence electrons. The first-order valence-electron chi connectivity index (χ1n) is 8.33. The van der Waals surface area contributed by atoms with Crippen molar-refractivity contribution in [3.63, 3.8) is 0 Å². The van der Waals surface area contributed by atoms with Crippen LogP contribution in [0.15, 0.2) is 41.5 Å². The Morgan fingerprint density at radius 3 is 2.81 bits per heavy atom. The van der Waals surface area contributed by atoms with Crippen molar-refractivity contribution in [3.05, 3.63) is 58.9 Å². The number of hydrogen-bond acceptors (Lipinski definition) is 3. The van der Waals surface area contributed by atoms with Crippen LogP contribution < -0.4 is 15.5 Å². The van der Waals surface area contributed by atoms with E-state index < -0.39 is 11.6 Å². The van der Waals surface area contributed by atoms with E-state index in [1.807, 2.05) is 11.0 Å². The van der Waals surface area contributed by atoms with Gasteiger partial charge in [0.25, 0.3) is 0 Å². The molecule has 1 unspecified atom stereocenters. The molecular weight excluding hydrogens is 487 g/mol. The van der Waals surface area contributed by atoms with Crippen LogP contribution in [0.4, 0.5) is 14.5 Å². The van der Waals surface area contributed by atoms with E-state index in [9.17, 15) is 8.78 Å². The minimum Gasteiger partial charge on any atom is -0.367 e. The van der Waals surface area contributed by atoms with Crippen LogP contribution in [0.5, 0.6) is 0 Å².